The van der Waals surface area contributed by atoms with E-state index in [0.717, 1.165) is 22.8 Å². The predicted molar refractivity (Wildman–Crippen MR) is 65.9 cm³/mol. The fourth-order valence-electron chi connectivity index (χ4n) is 1.52. The van der Waals surface area contributed by atoms with Gasteiger partial charge in [0.15, 0.2) is 0 Å². The van der Waals surface area contributed by atoms with Crippen molar-refractivity contribution in [1.29, 1.82) is 0 Å². The van der Waals surface area contributed by atoms with Crippen LogP contribution in [-0.2, 0) is 18.5 Å². The second-order valence-electron chi connectivity index (χ2n) is 3.74. The van der Waals surface area contributed by atoms with Crippen LogP contribution in [0.1, 0.15) is 21.8 Å². The molecule has 1 heterocycles. The Morgan fingerprint density at radius 1 is 1.28 bits per heavy atom. The molecule has 0 radical (unpaired) electrons. The Morgan fingerprint density at radius 3 is 2.67 bits per heavy atom. The summed E-state index contributed by atoms with van der Waals surface area (Å²) in [4.78, 5) is 4.22. The van der Waals surface area contributed by atoms with Crippen molar-refractivity contribution in [3.8, 4) is 0 Å². The minimum absolute atomic E-state index is 0.319. The Balaban J connectivity index is 2.19. The summed E-state index contributed by atoms with van der Waals surface area (Å²) in [6.45, 7) is 0. The number of rotatable bonds is 3. The van der Waals surface area contributed by atoms with Crippen LogP contribution in [0.2, 0.25) is 0 Å². The molecule has 0 saturated heterocycles. The van der Waals surface area contributed by atoms with E-state index in [0.29, 0.717) is 17.9 Å². The molecule has 0 saturated carbocycles. The molecule has 1 aromatic heterocycles. The first-order valence-corrected chi connectivity index (χ1v) is 6.56. The number of hydrogen-bond donors (Lipinski definition) is 0. The van der Waals surface area contributed by atoms with E-state index in [1.165, 1.54) is 17.4 Å². The van der Waals surface area contributed by atoms with E-state index in [1.54, 1.807) is 6.07 Å². The fraction of sp³-hybridized carbons (Fsp3) is 0.250. The van der Waals surface area contributed by atoms with Gasteiger partial charge in [0.1, 0.15) is 0 Å². The average molecular weight is 292 g/mol. The van der Waals surface area contributed by atoms with Crippen LogP contribution in [0.4, 0.5) is 13.2 Å². The van der Waals surface area contributed by atoms with Crippen LogP contribution in [0.5, 0.6) is 0 Å². The Kier molecular flexibility index (Phi) is 3.92. The zero-order valence-corrected chi connectivity index (χ0v) is 10.7. The van der Waals surface area contributed by atoms with Gasteiger partial charge in [0.25, 0.3) is 0 Å². The third-order valence-corrected chi connectivity index (χ3v) is 3.52. The van der Waals surface area contributed by atoms with Crippen molar-refractivity contribution in [1.82, 2.24) is 4.98 Å². The second-order valence-corrected chi connectivity index (χ2v) is 4.95. The van der Waals surface area contributed by atoms with E-state index in [1.807, 2.05) is 5.38 Å². The molecule has 18 heavy (non-hydrogen) atoms. The summed E-state index contributed by atoms with van der Waals surface area (Å²) in [7, 11) is 0. The third-order valence-electron chi connectivity index (χ3n) is 2.35. The smallest absolute Gasteiger partial charge is 0.245 e. The molecule has 0 unspecified atom stereocenters. The molecule has 0 amide bonds. The van der Waals surface area contributed by atoms with Crippen molar-refractivity contribution < 1.29 is 13.2 Å². The Morgan fingerprint density at radius 2 is 2.06 bits per heavy atom. The van der Waals surface area contributed by atoms with Gasteiger partial charge >= 0.3 is 6.18 Å². The van der Waals surface area contributed by atoms with Crippen molar-refractivity contribution in [3.63, 3.8) is 0 Å². The van der Waals surface area contributed by atoms with Crippen LogP contribution in [0.25, 0.3) is 0 Å². The molecule has 0 aliphatic rings. The van der Waals surface area contributed by atoms with E-state index in [2.05, 4.69) is 4.98 Å². The third kappa shape index (κ3) is 3.23. The first-order chi connectivity index (χ1) is 8.49. The predicted octanol–water partition coefficient (Wildman–Crippen LogP) is 4.49. The first kappa shape index (κ1) is 13.4. The van der Waals surface area contributed by atoms with Crippen LogP contribution in [0.3, 0.4) is 0 Å². The van der Waals surface area contributed by atoms with Crippen molar-refractivity contribution >= 4 is 22.9 Å². The van der Waals surface area contributed by atoms with Gasteiger partial charge in [-0.2, -0.15) is 13.2 Å². The van der Waals surface area contributed by atoms with Crippen LogP contribution in [-0.4, -0.2) is 4.98 Å². The highest BCUT2D eigenvalue weighted by atomic mass is 35.5. The molecule has 0 fully saturated rings. The minimum atomic E-state index is -4.31. The summed E-state index contributed by atoms with van der Waals surface area (Å²) >= 11 is 7.03. The molecule has 6 heteroatoms. The summed E-state index contributed by atoms with van der Waals surface area (Å²) in [5, 5.41) is 2.58. The van der Waals surface area contributed by atoms with Gasteiger partial charge in [-0.25, -0.2) is 4.98 Å². The van der Waals surface area contributed by atoms with Crippen molar-refractivity contribution in [3.05, 3.63) is 51.5 Å². The number of alkyl halides is 4. The summed E-state index contributed by atoms with van der Waals surface area (Å²) in [5.74, 6) is 0.319. The van der Waals surface area contributed by atoms with Gasteiger partial charge in [-0.1, -0.05) is 18.2 Å². The van der Waals surface area contributed by atoms with E-state index >= 15 is 0 Å². The van der Waals surface area contributed by atoms with Gasteiger partial charge in [0.2, 0.25) is 0 Å². The van der Waals surface area contributed by atoms with Gasteiger partial charge in [0.05, 0.1) is 22.1 Å². The highest BCUT2D eigenvalue weighted by Crippen LogP contribution is 2.30. The van der Waals surface area contributed by atoms with Gasteiger partial charge < -0.3 is 0 Å². The van der Waals surface area contributed by atoms with E-state index < -0.39 is 11.7 Å². The highest BCUT2D eigenvalue weighted by molar-refractivity contribution is 7.09. The molecule has 0 bridgehead atoms. The van der Waals surface area contributed by atoms with Gasteiger partial charge in [-0.15, -0.1) is 22.9 Å². The summed E-state index contributed by atoms with van der Waals surface area (Å²) in [5.41, 5.74) is 0.720. The molecule has 0 spiro atoms. The zero-order chi connectivity index (χ0) is 13.2. The molecule has 2 rings (SSSR count). The van der Waals surface area contributed by atoms with Crippen LogP contribution in [0, 0.1) is 0 Å². The van der Waals surface area contributed by atoms with Crippen LogP contribution < -0.4 is 0 Å². The molecule has 0 N–H and O–H groups in total. The van der Waals surface area contributed by atoms with E-state index in [-0.39, 0.29) is 0 Å². The normalized spacial score (nSPS) is 11.8. The lowest BCUT2D eigenvalue weighted by Gasteiger charge is -2.07. The summed E-state index contributed by atoms with van der Waals surface area (Å²) < 4.78 is 37.6. The van der Waals surface area contributed by atoms with Crippen molar-refractivity contribution in [2.75, 3.05) is 0 Å². The maximum Gasteiger partial charge on any atom is 0.416 e. The molecule has 2 aromatic rings. The molecular weight excluding hydrogens is 283 g/mol. The fourth-order valence-corrected chi connectivity index (χ4v) is 2.58. The number of hydrogen-bond acceptors (Lipinski definition) is 2. The van der Waals surface area contributed by atoms with Crippen LogP contribution >= 0.6 is 22.9 Å². The second kappa shape index (κ2) is 5.28. The largest absolute Gasteiger partial charge is 0.416 e. The number of nitrogens with zero attached hydrogens (tertiary/aromatic N) is 1. The topological polar surface area (TPSA) is 12.9 Å². The maximum atomic E-state index is 12.5. The Labute approximate surface area is 111 Å². The van der Waals surface area contributed by atoms with E-state index in [4.69, 9.17) is 11.6 Å². The molecule has 0 atom stereocenters. The quantitative estimate of drug-likeness (QED) is 0.759. The lowest BCUT2D eigenvalue weighted by molar-refractivity contribution is -0.137. The van der Waals surface area contributed by atoms with E-state index in [9.17, 15) is 13.2 Å². The lowest BCUT2D eigenvalue weighted by Crippen LogP contribution is -2.05. The number of halogens is 4. The summed E-state index contributed by atoms with van der Waals surface area (Å²) in [6, 6.07) is 5.29. The molecule has 0 aliphatic carbocycles. The van der Waals surface area contributed by atoms with Crippen molar-refractivity contribution in [2.45, 2.75) is 18.5 Å². The van der Waals surface area contributed by atoms with Crippen LogP contribution in [0.15, 0.2) is 29.6 Å². The number of benzene rings is 1. The zero-order valence-electron chi connectivity index (χ0n) is 9.17. The minimum Gasteiger partial charge on any atom is -0.245 e. The number of aromatic nitrogens is 1. The van der Waals surface area contributed by atoms with Gasteiger partial charge in [0, 0.05) is 11.8 Å². The Bertz CT molecular complexity index is 536. The molecular formula is C12H9ClF3NS. The monoisotopic (exact) mass is 291 g/mol. The van der Waals surface area contributed by atoms with Gasteiger partial charge in [-0.3, -0.25) is 0 Å². The SMILES string of the molecule is FC(F)(F)c1cccc(Cc2nc(CCl)cs2)c1. The van der Waals surface area contributed by atoms with Crippen molar-refractivity contribution in [2.24, 2.45) is 0 Å². The first-order valence-electron chi connectivity index (χ1n) is 5.14. The molecule has 1 aromatic carbocycles. The molecule has 0 aliphatic heterocycles. The highest BCUT2D eigenvalue weighted by Gasteiger charge is 2.30. The molecule has 1 nitrogen and oxygen atoms in total. The lowest BCUT2D eigenvalue weighted by atomic mass is 10.1. The molecule has 96 valence electrons. The summed E-state index contributed by atoms with van der Waals surface area (Å²) in [6.07, 6.45) is -3.91. The maximum absolute atomic E-state index is 12.5. The standard InChI is InChI=1S/C12H9ClF3NS/c13-6-10-7-18-11(17-10)5-8-2-1-3-9(4-8)12(14,15)16/h1-4,7H,5-6H2. The average Bonchev–Trinajstić information content (AvgIpc) is 2.76. The van der Waals surface area contributed by atoms with Gasteiger partial charge in [-0.05, 0) is 11.6 Å². The Hall–Kier alpha value is -1.07. The number of thiazole rings is 1.